The summed E-state index contributed by atoms with van der Waals surface area (Å²) in [6.07, 6.45) is 0. The van der Waals surface area contributed by atoms with E-state index in [2.05, 4.69) is 92.8 Å². The first-order valence-electron chi connectivity index (χ1n) is 10.7. The minimum Gasteiger partial charge on any atom is -0.346 e. The Hall–Kier alpha value is -2.46. The molecule has 2 heterocycles. The van der Waals surface area contributed by atoms with Crippen LogP contribution in [0, 0.1) is 5.41 Å². The molecule has 5 rings (SSSR count). The largest absolute Gasteiger partial charge is 0.346 e. The molecule has 0 saturated carbocycles. The summed E-state index contributed by atoms with van der Waals surface area (Å²) in [6.45, 7) is 6.85. The third-order valence-corrected chi connectivity index (χ3v) is 6.58. The van der Waals surface area contributed by atoms with Gasteiger partial charge in [-0.3, -0.25) is 0 Å². The van der Waals surface area contributed by atoms with Gasteiger partial charge in [0, 0.05) is 24.3 Å². The average molecular weight is 400 g/mol. The van der Waals surface area contributed by atoms with E-state index < -0.39 is 11.4 Å². The normalized spacial score (nSPS) is 30.1. The van der Waals surface area contributed by atoms with Crippen LogP contribution in [0.15, 0.2) is 84.9 Å². The zero-order valence-electron chi connectivity index (χ0n) is 18.1. The van der Waals surface area contributed by atoms with Crippen molar-refractivity contribution >= 4 is 0 Å². The highest BCUT2D eigenvalue weighted by Crippen LogP contribution is 2.59. The first-order chi connectivity index (χ1) is 14.4. The van der Waals surface area contributed by atoms with E-state index in [0.29, 0.717) is 6.04 Å². The van der Waals surface area contributed by atoms with Crippen LogP contribution in [0.1, 0.15) is 43.0 Å². The molecular weight excluding hydrogens is 370 g/mol. The molecule has 0 aromatic heterocycles. The molecule has 3 nitrogen and oxygen atoms in total. The highest BCUT2D eigenvalue weighted by molar-refractivity contribution is 5.54. The van der Waals surface area contributed by atoms with E-state index in [1.165, 1.54) is 5.56 Å². The number of hydrogen-bond donors (Lipinski definition) is 1. The zero-order valence-corrected chi connectivity index (χ0v) is 18.1. The van der Waals surface area contributed by atoms with E-state index in [-0.39, 0.29) is 11.5 Å². The van der Waals surface area contributed by atoms with E-state index in [0.717, 1.165) is 16.7 Å². The zero-order chi connectivity index (χ0) is 21.0. The second kappa shape index (κ2) is 6.78. The van der Waals surface area contributed by atoms with Crippen LogP contribution in [-0.4, -0.2) is 19.2 Å². The van der Waals surface area contributed by atoms with E-state index in [4.69, 9.17) is 9.47 Å². The monoisotopic (exact) mass is 399 g/mol. The maximum atomic E-state index is 7.19. The maximum absolute atomic E-state index is 7.19. The molecule has 3 aromatic carbocycles. The van der Waals surface area contributed by atoms with Crippen molar-refractivity contribution < 1.29 is 9.47 Å². The maximum Gasteiger partial charge on any atom is 0.223 e. The molecule has 0 aliphatic carbocycles. The van der Waals surface area contributed by atoms with Crippen molar-refractivity contribution in [2.24, 2.45) is 5.41 Å². The predicted molar refractivity (Wildman–Crippen MR) is 119 cm³/mol. The predicted octanol–water partition coefficient (Wildman–Crippen LogP) is 5.19. The molecular formula is C27H29NO2. The van der Waals surface area contributed by atoms with Crippen molar-refractivity contribution in [2.75, 3.05) is 7.11 Å². The third-order valence-electron chi connectivity index (χ3n) is 6.58. The lowest BCUT2D eigenvalue weighted by atomic mass is 9.77. The third kappa shape index (κ3) is 2.70. The molecule has 1 fully saturated rings. The molecule has 4 atom stereocenters. The van der Waals surface area contributed by atoms with Crippen molar-refractivity contribution in [3.8, 4) is 0 Å². The lowest BCUT2D eigenvalue weighted by molar-refractivity contribution is -0.237. The number of hydrogen-bond acceptors (Lipinski definition) is 3. The topological polar surface area (TPSA) is 40.4 Å². The van der Waals surface area contributed by atoms with Gasteiger partial charge in [-0.2, -0.15) is 0 Å². The summed E-state index contributed by atoms with van der Waals surface area (Å²) >= 11 is 0. The van der Waals surface area contributed by atoms with Crippen LogP contribution in [0.3, 0.4) is 0 Å². The Balaban J connectivity index is 1.77. The van der Waals surface area contributed by atoms with Gasteiger partial charge in [0.05, 0.1) is 6.04 Å². The number of ether oxygens (including phenoxy) is 2. The molecule has 1 N–H and O–H groups in total. The smallest absolute Gasteiger partial charge is 0.223 e. The van der Waals surface area contributed by atoms with E-state index in [9.17, 15) is 0 Å². The Kier molecular flexibility index (Phi) is 4.41. The Morgan fingerprint density at radius 1 is 0.767 bits per heavy atom. The van der Waals surface area contributed by atoms with Crippen molar-refractivity contribution in [1.82, 2.24) is 5.32 Å². The summed E-state index contributed by atoms with van der Waals surface area (Å²) in [4.78, 5) is 0. The quantitative estimate of drug-likeness (QED) is 0.614. The number of benzene rings is 3. The molecule has 2 aliphatic heterocycles. The molecule has 1 saturated heterocycles. The second-order valence-electron chi connectivity index (χ2n) is 9.42. The molecule has 3 heteroatoms. The van der Waals surface area contributed by atoms with Crippen LogP contribution in [0.2, 0.25) is 0 Å². The van der Waals surface area contributed by atoms with Gasteiger partial charge in [-0.1, -0.05) is 106 Å². The molecule has 2 aliphatic rings. The Morgan fingerprint density at radius 3 is 1.83 bits per heavy atom. The number of fused-ring (bicyclic) bond motifs is 1. The standard InChI is InChI=1S/C27H29NO2/c1-25(2,3)23-24(28-23)26(19-13-7-5-8-14-19)21-17-11-12-18-22(21)27(29-4,30-26)20-15-9-6-10-16-20/h5-18,23-24,28H,1-4H3/t23-,24-,26-,27+/m0/s1. The molecule has 0 spiro atoms. The van der Waals surface area contributed by atoms with Crippen LogP contribution < -0.4 is 5.32 Å². The van der Waals surface area contributed by atoms with Crippen molar-refractivity contribution in [3.05, 3.63) is 107 Å². The van der Waals surface area contributed by atoms with Gasteiger partial charge >= 0.3 is 0 Å². The van der Waals surface area contributed by atoms with Gasteiger partial charge in [0.15, 0.2) is 0 Å². The van der Waals surface area contributed by atoms with Gasteiger partial charge in [0.2, 0.25) is 5.79 Å². The molecule has 3 aromatic rings. The first kappa shape index (κ1) is 19.5. The lowest BCUT2D eigenvalue weighted by Crippen LogP contribution is -2.41. The molecule has 0 radical (unpaired) electrons. The Bertz CT molecular complexity index is 1040. The van der Waals surface area contributed by atoms with Gasteiger partial charge in [-0.05, 0) is 16.5 Å². The lowest BCUT2D eigenvalue weighted by Gasteiger charge is -2.36. The highest BCUT2D eigenvalue weighted by Gasteiger charge is 2.66. The summed E-state index contributed by atoms with van der Waals surface area (Å²) < 4.78 is 13.4. The minimum absolute atomic E-state index is 0.121. The molecule has 30 heavy (non-hydrogen) atoms. The van der Waals surface area contributed by atoms with Gasteiger partial charge < -0.3 is 14.8 Å². The number of rotatable bonds is 4. The van der Waals surface area contributed by atoms with Crippen LogP contribution >= 0.6 is 0 Å². The van der Waals surface area contributed by atoms with E-state index in [1.807, 2.05) is 18.2 Å². The minimum atomic E-state index is -0.958. The van der Waals surface area contributed by atoms with Gasteiger partial charge in [-0.25, -0.2) is 0 Å². The van der Waals surface area contributed by atoms with E-state index in [1.54, 1.807) is 7.11 Å². The van der Waals surface area contributed by atoms with Crippen LogP contribution in [-0.2, 0) is 20.9 Å². The summed E-state index contributed by atoms with van der Waals surface area (Å²) in [5.74, 6) is -0.958. The summed E-state index contributed by atoms with van der Waals surface area (Å²) in [6, 6.07) is 29.9. The molecule has 0 amide bonds. The summed E-state index contributed by atoms with van der Waals surface area (Å²) in [5.41, 5.74) is 3.88. The second-order valence-corrected chi connectivity index (χ2v) is 9.42. The van der Waals surface area contributed by atoms with Gasteiger partial charge in [-0.15, -0.1) is 0 Å². The Labute approximate surface area is 179 Å². The number of nitrogens with one attached hydrogen (secondary N) is 1. The van der Waals surface area contributed by atoms with Crippen molar-refractivity contribution in [3.63, 3.8) is 0 Å². The molecule has 0 bridgehead atoms. The molecule has 154 valence electrons. The van der Waals surface area contributed by atoms with Gasteiger partial charge in [0.1, 0.15) is 5.60 Å². The fourth-order valence-electron chi connectivity index (χ4n) is 5.12. The van der Waals surface area contributed by atoms with Crippen LogP contribution in [0.4, 0.5) is 0 Å². The Morgan fingerprint density at radius 2 is 1.30 bits per heavy atom. The van der Waals surface area contributed by atoms with Crippen molar-refractivity contribution in [1.29, 1.82) is 0 Å². The SMILES string of the molecule is CO[C@]1(c2ccccc2)O[C@](c2ccccc2)([C@H]2N[C@@H]2C(C)(C)C)c2ccccc21. The summed E-state index contributed by atoms with van der Waals surface area (Å²) in [5, 5.41) is 3.76. The van der Waals surface area contributed by atoms with E-state index >= 15 is 0 Å². The first-order valence-corrected chi connectivity index (χ1v) is 10.7. The fraction of sp³-hybridized carbons (Fsp3) is 0.333. The van der Waals surface area contributed by atoms with Crippen molar-refractivity contribution in [2.45, 2.75) is 44.2 Å². The van der Waals surface area contributed by atoms with Gasteiger partial charge in [0.25, 0.3) is 0 Å². The van der Waals surface area contributed by atoms with Crippen LogP contribution in [0.5, 0.6) is 0 Å². The van der Waals surface area contributed by atoms with Crippen LogP contribution in [0.25, 0.3) is 0 Å². The highest BCUT2D eigenvalue weighted by atomic mass is 16.7. The average Bonchev–Trinajstić information content (AvgIpc) is 3.54. The fourth-order valence-corrected chi connectivity index (χ4v) is 5.12. The summed E-state index contributed by atoms with van der Waals surface area (Å²) in [7, 11) is 1.74. The molecule has 0 unspecified atom stereocenters. The number of methoxy groups -OCH3 is 1.